The smallest absolute Gasteiger partial charge is 0.203 e. The Kier molecular flexibility index (Phi) is 5.61. The minimum absolute atomic E-state index is 0.154. The summed E-state index contributed by atoms with van der Waals surface area (Å²) in [5, 5.41) is 69.7. The van der Waals surface area contributed by atoms with Crippen molar-refractivity contribution in [2.24, 2.45) is 0 Å². The van der Waals surface area contributed by atoms with Gasteiger partial charge in [0, 0.05) is 12.1 Å². The zero-order valence-corrected chi connectivity index (χ0v) is 16.7. The summed E-state index contributed by atoms with van der Waals surface area (Å²) in [7, 11) is 0. The Labute approximate surface area is 181 Å². The molecule has 0 bridgehead atoms. The monoisotopic (exact) mass is 450 g/mol. The average molecular weight is 450 g/mol. The summed E-state index contributed by atoms with van der Waals surface area (Å²) in [5.41, 5.74) is -0.1000. The van der Waals surface area contributed by atoms with Crippen LogP contribution >= 0.6 is 0 Å². The molecule has 32 heavy (non-hydrogen) atoms. The van der Waals surface area contributed by atoms with Crippen LogP contribution < -0.4 is 4.74 Å². The van der Waals surface area contributed by atoms with Crippen molar-refractivity contribution in [3.63, 3.8) is 0 Å². The number of ether oxygens (including phenoxy) is 3. The fourth-order valence-corrected chi connectivity index (χ4v) is 3.77. The first-order chi connectivity index (χ1) is 15.1. The predicted molar refractivity (Wildman–Crippen MR) is 104 cm³/mol. The standard InChI is InChI=1S/C21H22O11/c1-7-15(26)17(28)18(29)21(30-7)32-20-16(27)14-12(25)5-9(22)6-13(14)31-19(20)8-2-3-10(23)11(24)4-8/h2-7,15,17-26,28-29H,1H3/t7?,15-,17?,18+,19+,20-,21-/m0/s1. The van der Waals surface area contributed by atoms with E-state index >= 15 is 0 Å². The molecule has 0 aromatic heterocycles. The normalized spacial score (nSPS) is 32.2. The summed E-state index contributed by atoms with van der Waals surface area (Å²) < 4.78 is 16.9. The zero-order valence-electron chi connectivity index (χ0n) is 16.7. The Morgan fingerprint density at radius 3 is 2.28 bits per heavy atom. The summed E-state index contributed by atoms with van der Waals surface area (Å²) >= 11 is 0. The van der Waals surface area contributed by atoms with E-state index in [1.54, 1.807) is 0 Å². The van der Waals surface area contributed by atoms with Crippen LogP contribution in [0.3, 0.4) is 0 Å². The van der Waals surface area contributed by atoms with Crippen molar-refractivity contribution in [1.29, 1.82) is 0 Å². The number of aliphatic hydroxyl groups is 3. The maximum atomic E-state index is 13.3. The minimum Gasteiger partial charge on any atom is -0.508 e. The summed E-state index contributed by atoms with van der Waals surface area (Å²) in [6.07, 6.45) is -10.0. The van der Waals surface area contributed by atoms with Gasteiger partial charge in [-0.2, -0.15) is 0 Å². The molecule has 1 fully saturated rings. The highest BCUT2D eigenvalue weighted by Gasteiger charge is 2.48. The molecule has 2 aliphatic heterocycles. The number of ketones is 1. The van der Waals surface area contributed by atoms with Crippen LogP contribution in [0.1, 0.15) is 28.9 Å². The van der Waals surface area contributed by atoms with E-state index < -0.39 is 65.9 Å². The van der Waals surface area contributed by atoms with E-state index in [1.807, 2.05) is 0 Å². The van der Waals surface area contributed by atoms with Crippen LogP contribution in [0.5, 0.6) is 28.7 Å². The molecule has 2 unspecified atom stereocenters. The second-order valence-corrected chi connectivity index (χ2v) is 7.73. The number of benzene rings is 2. The fourth-order valence-electron chi connectivity index (χ4n) is 3.77. The van der Waals surface area contributed by atoms with E-state index in [1.165, 1.54) is 19.1 Å². The van der Waals surface area contributed by atoms with Gasteiger partial charge in [-0.1, -0.05) is 6.07 Å². The Morgan fingerprint density at radius 1 is 0.875 bits per heavy atom. The van der Waals surface area contributed by atoms with E-state index in [0.717, 1.165) is 18.2 Å². The maximum Gasteiger partial charge on any atom is 0.203 e. The third-order valence-corrected chi connectivity index (χ3v) is 5.52. The van der Waals surface area contributed by atoms with Gasteiger partial charge in [-0.25, -0.2) is 0 Å². The lowest BCUT2D eigenvalue weighted by Crippen LogP contribution is -2.59. The quantitative estimate of drug-likeness (QED) is 0.313. The predicted octanol–water partition coefficient (Wildman–Crippen LogP) is 0.0381. The number of phenols is 4. The van der Waals surface area contributed by atoms with Crippen molar-refractivity contribution < 1.29 is 54.8 Å². The number of rotatable bonds is 3. The number of phenolic OH excluding ortho intramolecular Hbond substituents is 4. The van der Waals surface area contributed by atoms with Crippen molar-refractivity contribution in [2.45, 2.75) is 49.8 Å². The number of carbonyl (C=O) groups is 1. The van der Waals surface area contributed by atoms with E-state index in [2.05, 4.69) is 0 Å². The van der Waals surface area contributed by atoms with Crippen molar-refractivity contribution in [1.82, 2.24) is 0 Å². The van der Waals surface area contributed by atoms with Crippen molar-refractivity contribution in [3.8, 4) is 28.7 Å². The number of Topliss-reactive ketones (excluding diaryl/α,β-unsaturated/α-hetero) is 1. The molecule has 0 amide bonds. The molecule has 0 spiro atoms. The molecular formula is C21H22O11. The third kappa shape index (κ3) is 3.70. The molecule has 11 nitrogen and oxygen atoms in total. The van der Waals surface area contributed by atoms with Gasteiger partial charge >= 0.3 is 0 Å². The lowest BCUT2D eigenvalue weighted by molar-refractivity contribution is -0.304. The van der Waals surface area contributed by atoms with Crippen LogP contribution in [0, 0.1) is 0 Å². The van der Waals surface area contributed by atoms with Crippen molar-refractivity contribution in [3.05, 3.63) is 41.5 Å². The first-order valence-electron chi connectivity index (χ1n) is 9.72. The number of fused-ring (bicyclic) bond motifs is 1. The van der Waals surface area contributed by atoms with Gasteiger partial charge < -0.3 is 50.0 Å². The Morgan fingerprint density at radius 2 is 1.59 bits per heavy atom. The van der Waals surface area contributed by atoms with Gasteiger partial charge in [0.15, 0.2) is 30.0 Å². The molecule has 0 aliphatic carbocycles. The largest absolute Gasteiger partial charge is 0.508 e. The molecule has 0 saturated carbocycles. The van der Waals surface area contributed by atoms with Crippen LogP contribution in [0.4, 0.5) is 0 Å². The van der Waals surface area contributed by atoms with Gasteiger partial charge in [-0.3, -0.25) is 4.79 Å². The second-order valence-electron chi connectivity index (χ2n) is 7.73. The van der Waals surface area contributed by atoms with Gasteiger partial charge in [-0.05, 0) is 24.6 Å². The third-order valence-electron chi connectivity index (χ3n) is 5.52. The molecule has 2 aliphatic rings. The maximum absolute atomic E-state index is 13.3. The molecule has 2 aromatic carbocycles. The molecule has 2 heterocycles. The van der Waals surface area contributed by atoms with Crippen molar-refractivity contribution in [2.75, 3.05) is 0 Å². The number of aromatic hydroxyl groups is 4. The van der Waals surface area contributed by atoms with Crippen molar-refractivity contribution >= 4 is 5.78 Å². The van der Waals surface area contributed by atoms with Crippen LogP contribution in [0.25, 0.3) is 0 Å². The van der Waals surface area contributed by atoms with Gasteiger partial charge in [0.1, 0.15) is 41.1 Å². The summed E-state index contributed by atoms with van der Waals surface area (Å²) in [6, 6.07) is 5.72. The molecule has 1 saturated heterocycles. The number of carbonyl (C=O) groups excluding carboxylic acids is 1. The number of hydrogen-bond donors (Lipinski definition) is 7. The summed E-state index contributed by atoms with van der Waals surface area (Å²) in [4.78, 5) is 13.3. The average Bonchev–Trinajstić information content (AvgIpc) is 2.73. The molecule has 7 N–H and O–H groups in total. The van der Waals surface area contributed by atoms with Crippen LogP contribution in [0.2, 0.25) is 0 Å². The highest BCUT2D eigenvalue weighted by Crippen LogP contribution is 2.44. The van der Waals surface area contributed by atoms with E-state index in [4.69, 9.17) is 14.2 Å². The minimum atomic E-state index is -1.71. The molecule has 7 atom stereocenters. The zero-order chi connectivity index (χ0) is 23.3. The summed E-state index contributed by atoms with van der Waals surface area (Å²) in [6.45, 7) is 1.44. The highest BCUT2D eigenvalue weighted by molar-refractivity contribution is 6.05. The van der Waals surface area contributed by atoms with Gasteiger partial charge in [-0.15, -0.1) is 0 Å². The Bertz CT molecular complexity index is 1040. The molecule has 0 radical (unpaired) electrons. The lowest BCUT2D eigenvalue weighted by Gasteiger charge is -2.42. The molecule has 11 heteroatoms. The Hall–Kier alpha value is -3.09. The first kappa shape index (κ1) is 22.1. The SMILES string of the molecule is CC1O[C@@H](O[C@H]2C(=O)c3c(O)cc(O)cc3O[C@@H]2c2ccc(O)c(O)c2)[C@H](O)C(O)[C@H]1O. The first-order valence-corrected chi connectivity index (χ1v) is 9.72. The highest BCUT2D eigenvalue weighted by atomic mass is 16.7. The molecule has 172 valence electrons. The lowest BCUT2D eigenvalue weighted by atomic mass is 9.92. The van der Waals surface area contributed by atoms with Crippen LogP contribution in [-0.2, 0) is 9.47 Å². The second kappa shape index (κ2) is 8.11. The van der Waals surface area contributed by atoms with Gasteiger partial charge in [0.05, 0.1) is 6.10 Å². The van der Waals surface area contributed by atoms with E-state index in [-0.39, 0.29) is 22.6 Å². The van der Waals surface area contributed by atoms with Gasteiger partial charge in [0.2, 0.25) is 5.78 Å². The topological polar surface area (TPSA) is 186 Å². The molecule has 4 rings (SSSR count). The Balaban J connectivity index is 1.75. The van der Waals surface area contributed by atoms with Gasteiger partial charge in [0.25, 0.3) is 0 Å². The van der Waals surface area contributed by atoms with Crippen LogP contribution in [-0.4, -0.2) is 78.3 Å². The van der Waals surface area contributed by atoms with E-state index in [0.29, 0.717) is 0 Å². The molecular weight excluding hydrogens is 428 g/mol. The fraction of sp³-hybridized carbons (Fsp3) is 0.381. The van der Waals surface area contributed by atoms with Crippen LogP contribution in [0.15, 0.2) is 30.3 Å². The molecule has 2 aromatic rings. The summed E-state index contributed by atoms with van der Waals surface area (Å²) in [5.74, 6) is -2.79. The number of aliphatic hydroxyl groups excluding tert-OH is 3. The van der Waals surface area contributed by atoms with E-state index in [9.17, 15) is 40.5 Å². The number of hydrogen-bond acceptors (Lipinski definition) is 11.